The predicted octanol–water partition coefficient (Wildman–Crippen LogP) is -0.754. The number of sulfone groups is 1. The van der Waals surface area contributed by atoms with E-state index in [1.165, 1.54) is 0 Å². The summed E-state index contributed by atoms with van der Waals surface area (Å²) in [6, 6.07) is 0. The second-order valence-corrected chi connectivity index (χ2v) is 3.48. The molecule has 0 rings (SSSR count). The molecule has 0 heterocycles. The summed E-state index contributed by atoms with van der Waals surface area (Å²) >= 11 is 0. The van der Waals surface area contributed by atoms with E-state index >= 15 is 0 Å². The van der Waals surface area contributed by atoms with Crippen molar-refractivity contribution in [3.63, 3.8) is 0 Å². The first-order chi connectivity index (χ1) is 3.56. The highest BCUT2D eigenvalue weighted by Gasteiger charge is 1.98. The van der Waals surface area contributed by atoms with Gasteiger partial charge in [0.25, 0.3) is 0 Å². The maximum absolute atomic E-state index is 10.2. The van der Waals surface area contributed by atoms with E-state index in [-0.39, 0.29) is 12.7 Å². The van der Waals surface area contributed by atoms with Crippen LogP contribution < -0.4 is 5.73 Å². The molecule has 0 aromatic carbocycles. The molecule has 5 heteroatoms. The first-order valence-corrected chi connectivity index (χ1v) is 4.02. The molecule has 0 aromatic rings. The van der Waals surface area contributed by atoms with Gasteiger partial charge < -0.3 is 4.74 Å². The van der Waals surface area contributed by atoms with Gasteiger partial charge in [-0.2, -0.15) is 0 Å². The van der Waals surface area contributed by atoms with E-state index in [1.807, 2.05) is 0 Å². The van der Waals surface area contributed by atoms with Crippen molar-refractivity contribution in [2.75, 3.05) is 18.9 Å². The predicted molar refractivity (Wildman–Crippen MR) is 28.8 cm³/mol. The molecule has 1 N–H and O–H groups in total. The van der Waals surface area contributed by atoms with Gasteiger partial charge in [-0.3, -0.25) is 0 Å². The van der Waals surface area contributed by atoms with E-state index in [0.29, 0.717) is 0 Å². The van der Waals surface area contributed by atoms with E-state index in [4.69, 9.17) is 5.73 Å². The summed E-state index contributed by atoms with van der Waals surface area (Å²) < 4.78 is 24.6. The lowest BCUT2D eigenvalue weighted by atomic mass is 11.3. The van der Waals surface area contributed by atoms with Crippen molar-refractivity contribution < 1.29 is 13.2 Å². The van der Waals surface area contributed by atoms with Crippen LogP contribution in [0.1, 0.15) is 0 Å². The minimum absolute atomic E-state index is 0.299. The number of hydrogen-bond acceptors (Lipinski definition) is 3. The Labute approximate surface area is 48.5 Å². The summed E-state index contributed by atoms with van der Waals surface area (Å²) in [6.45, 7) is -0.299. The van der Waals surface area contributed by atoms with E-state index in [9.17, 15) is 8.42 Å². The molecule has 8 heavy (non-hydrogen) atoms. The summed E-state index contributed by atoms with van der Waals surface area (Å²) in [4.78, 5) is 0. The number of rotatable bonds is 3. The first-order valence-electron chi connectivity index (χ1n) is 1.96. The van der Waals surface area contributed by atoms with E-state index in [2.05, 4.69) is 4.74 Å². The summed E-state index contributed by atoms with van der Waals surface area (Å²) in [6.07, 6.45) is 1.06. The topological polar surface area (TPSA) is 67.2 Å². The van der Waals surface area contributed by atoms with Crippen LogP contribution in [-0.4, -0.2) is 27.3 Å². The Balaban J connectivity index is 3.42. The third-order valence-corrected chi connectivity index (χ3v) is 0.994. The van der Waals surface area contributed by atoms with E-state index in [0.717, 1.165) is 6.26 Å². The van der Waals surface area contributed by atoms with Crippen LogP contribution in [0.2, 0.25) is 0 Å². The average Bonchev–Trinajstić information content (AvgIpc) is 1.59. The van der Waals surface area contributed by atoms with Crippen LogP contribution in [0.3, 0.4) is 0 Å². The summed E-state index contributed by atoms with van der Waals surface area (Å²) in [5, 5.41) is 0. The van der Waals surface area contributed by atoms with Gasteiger partial charge in [0.1, 0.15) is 12.7 Å². The highest BCUT2D eigenvalue weighted by molar-refractivity contribution is 7.90. The van der Waals surface area contributed by atoms with Gasteiger partial charge >= 0.3 is 0 Å². The van der Waals surface area contributed by atoms with Crippen LogP contribution in [0.15, 0.2) is 0 Å². The van der Waals surface area contributed by atoms with Crippen molar-refractivity contribution >= 4 is 9.84 Å². The first kappa shape index (κ1) is 7.87. The molecule has 1 radical (unpaired) electrons. The van der Waals surface area contributed by atoms with Crippen molar-refractivity contribution in [3.05, 3.63) is 0 Å². The fourth-order valence-electron chi connectivity index (χ4n) is 0.193. The Morgan fingerprint density at radius 1 is 1.62 bits per heavy atom. The fourth-order valence-corrected chi connectivity index (χ4v) is 0.579. The number of nitrogens with one attached hydrogen (secondary N) is 1. The Bertz CT molecular complexity index is 139. The normalized spacial score (nSPS) is 11.8. The molecule has 0 aliphatic heterocycles. The number of hydrogen-bond donors (Lipinski definition) is 0. The molecule has 0 spiro atoms. The zero-order valence-electron chi connectivity index (χ0n) is 4.55. The Hall–Kier alpha value is -0.130. The molecular formula is C3H8NO3S. The molecule has 0 aliphatic rings. The van der Waals surface area contributed by atoms with E-state index < -0.39 is 9.84 Å². The molecule has 0 saturated heterocycles. The SMILES string of the molecule is CS(=O)(=O)COC[NH]. The zero-order valence-corrected chi connectivity index (χ0v) is 5.36. The van der Waals surface area contributed by atoms with Crippen molar-refractivity contribution in [2.24, 2.45) is 0 Å². The summed E-state index contributed by atoms with van der Waals surface area (Å²) in [5.74, 6) is -0.351. The van der Waals surface area contributed by atoms with Crippen LogP contribution in [0, 0.1) is 0 Å². The maximum Gasteiger partial charge on any atom is 0.171 e. The molecule has 0 aromatic heterocycles. The fraction of sp³-hybridized carbons (Fsp3) is 1.00. The average molecular weight is 138 g/mol. The number of ether oxygens (including phenoxy) is 1. The van der Waals surface area contributed by atoms with Gasteiger partial charge in [-0.1, -0.05) is 0 Å². The second-order valence-electron chi connectivity index (χ2n) is 1.39. The van der Waals surface area contributed by atoms with Gasteiger partial charge in [-0.05, 0) is 0 Å². The van der Waals surface area contributed by atoms with Gasteiger partial charge in [0.05, 0.1) is 0 Å². The van der Waals surface area contributed by atoms with Gasteiger partial charge in [0.2, 0.25) is 0 Å². The summed E-state index contributed by atoms with van der Waals surface area (Å²) in [5.41, 5.74) is 6.40. The monoisotopic (exact) mass is 138 g/mol. The van der Waals surface area contributed by atoms with Gasteiger partial charge in [-0.15, -0.1) is 0 Å². The highest BCUT2D eigenvalue weighted by Crippen LogP contribution is 1.81. The Morgan fingerprint density at radius 3 is 2.25 bits per heavy atom. The van der Waals surface area contributed by atoms with Crippen LogP contribution >= 0.6 is 0 Å². The van der Waals surface area contributed by atoms with Crippen molar-refractivity contribution in [3.8, 4) is 0 Å². The lowest BCUT2D eigenvalue weighted by molar-refractivity contribution is 0.180. The van der Waals surface area contributed by atoms with Crippen LogP contribution in [0.5, 0.6) is 0 Å². The van der Waals surface area contributed by atoms with Crippen LogP contribution in [-0.2, 0) is 14.6 Å². The Kier molecular flexibility index (Phi) is 2.96. The highest BCUT2D eigenvalue weighted by atomic mass is 32.2. The molecule has 0 fully saturated rings. The third kappa shape index (κ3) is 5.87. The lowest BCUT2D eigenvalue weighted by Gasteiger charge is -1.94. The van der Waals surface area contributed by atoms with E-state index in [1.54, 1.807) is 0 Å². The standard InChI is InChI=1S/C3H8NO3S/c1-8(5,6)3-7-2-4/h4H,2-3H2,1H3. The molecule has 0 unspecified atom stereocenters. The molecule has 0 bridgehead atoms. The smallest absolute Gasteiger partial charge is 0.171 e. The van der Waals surface area contributed by atoms with Crippen molar-refractivity contribution in [1.29, 1.82) is 0 Å². The second kappa shape index (κ2) is 3.01. The molecule has 0 saturated carbocycles. The maximum atomic E-state index is 10.2. The minimum atomic E-state index is -3.03. The molecular weight excluding hydrogens is 130 g/mol. The third-order valence-electron chi connectivity index (χ3n) is 0.399. The van der Waals surface area contributed by atoms with Crippen LogP contribution in [0.4, 0.5) is 0 Å². The minimum Gasteiger partial charge on any atom is -0.349 e. The molecule has 0 aliphatic carbocycles. The largest absolute Gasteiger partial charge is 0.349 e. The molecule has 4 nitrogen and oxygen atoms in total. The quantitative estimate of drug-likeness (QED) is 0.515. The van der Waals surface area contributed by atoms with Gasteiger partial charge in [-0.25, -0.2) is 14.2 Å². The molecule has 0 amide bonds. The molecule has 49 valence electrons. The van der Waals surface area contributed by atoms with Crippen molar-refractivity contribution in [1.82, 2.24) is 5.73 Å². The molecule has 0 atom stereocenters. The zero-order chi connectivity index (χ0) is 6.62. The lowest BCUT2D eigenvalue weighted by Crippen LogP contribution is -2.07. The van der Waals surface area contributed by atoms with Crippen molar-refractivity contribution in [2.45, 2.75) is 0 Å². The van der Waals surface area contributed by atoms with Gasteiger partial charge in [0, 0.05) is 6.26 Å². The summed E-state index contributed by atoms with van der Waals surface area (Å²) in [7, 11) is -3.03. The van der Waals surface area contributed by atoms with Gasteiger partial charge in [0.15, 0.2) is 9.84 Å². The van der Waals surface area contributed by atoms with Crippen LogP contribution in [0.25, 0.3) is 0 Å². The Morgan fingerprint density at radius 2 is 2.12 bits per heavy atom.